The molecule has 0 bridgehead atoms. The van der Waals surface area contributed by atoms with Gasteiger partial charge in [0.15, 0.2) is 0 Å². The van der Waals surface area contributed by atoms with Crippen molar-refractivity contribution in [2.75, 3.05) is 6.54 Å². The van der Waals surface area contributed by atoms with E-state index in [1.807, 2.05) is 20.8 Å². The fourth-order valence-corrected chi connectivity index (χ4v) is 2.16. The van der Waals surface area contributed by atoms with Crippen molar-refractivity contribution in [3.63, 3.8) is 0 Å². The summed E-state index contributed by atoms with van der Waals surface area (Å²) in [5, 5.41) is 2.79. The number of nitrogens with zero attached hydrogens (tertiary/aromatic N) is 3. The molecule has 1 unspecified atom stereocenters. The number of hydrogen-bond acceptors (Lipinski definition) is 4. The maximum absolute atomic E-state index is 12.5. The maximum Gasteiger partial charge on any atom is 0.245 e. The van der Waals surface area contributed by atoms with Crippen LogP contribution in [-0.4, -0.2) is 39.3 Å². The van der Waals surface area contributed by atoms with E-state index in [-0.39, 0.29) is 17.7 Å². The van der Waals surface area contributed by atoms with Gasteiger partial charge in [0.05, 0.1) is 24.1 Å². The van der Waals surface area contributed by atoms with E-state index in [0.29, 0.717) is 19.5 Å². The summed E-state index contributed by atoms with van der Waals surface area (Å²) in [6.07, 6.45) is 3.68. The highest BCUT2D eigenvalue weighted by Gasteiger charge is 2.31. The van der Waals surface area contributed by atoms with Crippen molar-refractivity contribution in [1.82, 2.24) is 20.2 Å². The third-order valence-corrected chi connectivity index (χ3v) is 3.36. The molecule has 1 aromatic heterocycles. The lowest BCUT2D eigenvalue weighted by Gasteiger charge is -2.25. The summed E-state index contributed by atoms with van der Waals surface area (Å²) in [5.41, 5.74) is 1.58. The standard InChI is InChI=1S/C14H20N4O2/c1-9(2)13-14(20)18(5-4-12(19)17-13)8-11-7-15-10(3)6-16-11/h6-7,9,13H,4-5,8H2,1-3H3,(H,17,19). The highest BCUT2D eigenvalue weighted by Crippen LogP contribution is 2.13. The number of aromatic nitrogens is 2. The Kier molecular flexibility index (Phi) is 4.32. The van der Waals surface area contributed by atoms with E-state index in [0.717, 1.165) is 11.4 Å². The summed E-state index contributed by atoms with van der Waals surface area (Å²) in [4.78, 5) is 34.3. The van der Waals surface area contributed by atoms with Gasteiger partial charge in [0.2, 0.25) is 11.8 Å². The summed E-state index contributed by atoms with van der Waals surface area (Å²) in [6, 6.07) is -0.455. The van der Waals surface area contributed by atoms with Gasteiger partial charge >= 0.3 is 0 Å². The first kappa shape index (κ1) is 14.4. The molecule has 6 nitrogen and oxygen atoms in total. The maximum atomic E-state index is 12.5. The highest BCUT2D eigenvalue weighted by molar-refractivity contribution is 5.90. The molecule has 1 atom stereocenters. The normalized spacial score (nSPS) is 20.0. The molecule has 2 heterocycles. The SMILES string of the molecule is Cc1cnc(CN2CCC(=O)NC(C(C)C)C2=O)cn1. The quantitative estimate of drug-likeness (QED) is 0.880. The zero-order valence-corrected chi connectivity index (χ0v) is 12.1. The molecule has 1 aliphatic rings. The Bertz CT molecular complexity index is 498. The molecule has 2 amide bonds. The number of nitrogens with one attached hydrogen (secondary N) is 1. The fraction of sp³-hybridized carbons (Fsp3) is 0.571. The molecule has 2 rings (SSSR count). The van der Waals surface area contributed by atoms with Gasteiger partial charge in [-0.05, 0) is 12.8 Å². The number of carbonyl (C=O) groups excluding carboxylic acids is 2. The van der Waals surface area contributed by atoms with Crippen LogP contribution in [-0.2, 0) is 16.1 Å². The Morgan fingerprint density at radius 3 is 2.70 bits per heavy atom. The number of rotatable bonds is 3. The molecule has 20 heavy (non-hydrogen) atoms. The molecule has 6 heteroatoms. The Hall–Kier alpha value is -1.98. The van der Waals surface area contributed by atoms with Crippen LogP contribution in [0.2, 0.25) is 0 Å². The van der Waals surface area contributed by atoms with Gasteiger partial charge in [-0.1, -0.05) is 13.8 Å². The van der Waals surface area contributed by atoms with Crippen LogP contribution in [0.1, 0.15) is 31.7 Å². The molecule has 1 aliphatic heterocycles. The zero-order chi connectivity index (χ0) is 14.7. The smallest absolute Gasteiger partial charge is 0.245 e. The molecule has 0 radical (unpaired) electrons. The number of aryl methyl sites for hydroxylation is 1. The molecule has 1 aromatic rings. The van der Waals surface area contributed by atoms with Crippen molar-refractivity contribution in [1.29, 1.82) is 0 Å². The van der Waals surface area contributed by atoms with Crippen LogP contribution in [0, 0.1) is 12.8 Å². The predicted octanol–water partition coefficient (Wildman–Crippen LogP) is 0.658. The topological polar surface area (TPSA) is 75.2 Å². The molecule has 0 aromatic carbocycles. The predicted molar refractivity (Wildman–Crippen MR) is 73.6 cm³/mol. The molecule has 0 saturated carbocycles. The number of amides is 2. The van der Waals surface area contributed by atoms with Crippen LogP contribution in [0.25, 0.3) is 0 Å². The monoisotopic (exact) mass is 276 g/mol. The van der Waals surface area contributed by atoms with Crippen molar-refractivity contribution < 1.29 is 9.59 Å². The van der Waals surface area contributed by atoms with Crippen LogP contribution in [0.3, 0.4) is 0 Å². The van der Waals surface area contributed by atoms with Gasteiger partial charge in [-0.15, -0.1) is 0 Å². The van der Waals surface area contributed by atoms with Gasteiger partial charge in [0.25, 0.3) is 0 Å². The van der Waals surface area contributed by atoms with Crippen LogP contribution in [0.4, 0.5) is 0 Å². The van der Waals surface area contributed by atoms with Gasteiger partial charge < -0.3 is 10.2 Å². The van der Waals surface area contributed by atoms with Gasteiger partial charge in [-0.25, -0.2) is 0 Å². The second-order valence-electron chi connectivity index (χ2n) is 5.45. The van der Waals surface area contributed by atoms with E-state index < -0.39 is 6.04 Å². The lowest BCUT2D eigenvalue weighted by atomic mass is 10.0. The summed E-state index contributed by atoms with van der Waals surface area (Å²) in [5.74, 6) is -0.0566. The third kappa shape index (κ3) is 3.31. The van der Waals surface area contributed by atoms with E-state index in [2.05, 4.69) is 15.3 Å². The van der Waals surface area contributed by atoms with E-state index in [4.69, 9.17) is 0 Å². The van der Waals surface area contributed by atoms with E-state index in [1.165, 1.54) is 0 Å². The summed E-state index contributed by atoms with van der Waals surface area (Å²) < 4.78 is 0. The van der Waals surface area contributed by atoms with Gasteiger partial charge in [0.1, 0.15) is 6.04 Å². The first-order chi connectivity index (χ1) is 9.47. The molecule has 108 valence electrons. The fourth-order valence-electron chi connectivity index (χ4n) is 2.16. The second kappa shape index (κ2) is 5.98. The number of hydrogen-bond donors (Lipinski definition) is 1. The molecule has 1 N–H and O–H groups in total. The Morgan fingerprint density at radius 1 is 1.35 bits per heavy atom. The molecule has 0 spiro atoms. The number of carbonyl (C=O) groups is 2. The summed E-state index contributed by atoms with van der Waals surface area (Å²) in [7, 11) is 0. The lowest BCUT2D eigenvalue weighted by molar-refractivity contribution is -0.135. The van der Waals surface area contributed by atoms with Crippen molar-refractivity contribution in [3.05, 3.63) is 23.8 Å². The first-order valence-corrected chi connectivity index (χ1v) is 6.83. The molecule has 0 aliphatic carbocycles. The Morgan fingerprint density at radius 2 is 2.10 bits per heavy atom. The molecular formula is C14H20N4O2. The largest absolute Gasteiger partial charge is 0.344 e. The minimum Gasteiger partial charge on any atom is -0.344 e. The molecule has 1 fully saturated rings. The molecule has 1 saturated heterocycles. The third-order valence-electron chi connectivity index (χ3n) is 3.36. The van der Waals surface area contributed by atoms with E-state index in [9.17, 15) is 9.59 Å². The van der Waals surface area contributed by atoms with Crippen molar-refractivity contribution >= 4 is 11.8 Å². The van der Waals surface area contributed by atoms with Crippen molar-refractivity contribution in [2.45, 2.75) is 39.8 Å². The van der Waals surface area contributed by atoms with Gasteiger partial charge in [-0.3, -0.25) is 19.6 Å². The Labute approximate surface area is 118 Å². The Balaban J connectivity index is 2.14. The average Bonchev–Trinajstić information content (AvgIpc) is 2.54. The van der Waals surface area contributed by atoms with Crippen LogP contribution in [0.15, 0.2) is 12.4 Å². The first-order valence-electron chi connectivity index (χ1n) is 6.83. The summed E-state index contributed by atoms with van der Waals surface area (Å²) in [6.45, 7) is 6.54. The second-order valence-corrected chi connectivity index (χ2v) is 5.45. The summed E-state index contributed by atoms with van der Waals surface area (Å²) >= 11 is 0. The lowest BCUT2D eigenvalue weighted by Crippen LogP contribution is -2.47. The van der Waals surface area contributed by atoms with Crippen molar-refractivity contribution in [2.24, 2.45) is 5.92 Å². The van der Waals surface area contributed by atoms with Crippen LogP contribution >= 0.6 is 0 Å². The van der Waals surface area contributed by atoms with E-state index in [1.54, 1.807) is 17.3 Å². The van der Waals surface area contributed by atoms with Crippen molar-refractivity contribution in [3.8, 4) is 0 Å². The van der Waals surface area contributed by atoms with E-state index >= 15 is 0 Å². The minimum absolute atomic E-state index is 0.0479. The minimum atomic E-state index is -0.455. The zero-order valence-electron chi connectivity index (χ0n) is 12.1. The highest BCUT2D eigenvalue weighted by atomic mass is 16.2. The van der Waals surface area contributed by atoms with Gasteiger partial charge in [-0.2, -0.15) is 0 Å². The molecular weight excluding hydrogens is 256 g/mol. The van der Waals surface area contributed by atoms with Crippen LogP contribution < -0.4 is 5.32 Å². The van der Waals surface area contributed by atoms with Crippen LogP contribution in [0.5, 0.6) is 0 Å². The average molecular weight is 276 g/mol. The van der Waals surface area contributed by atoms with Gasteiger partial charge in [0, 0.05) is 19.2 Å².